The molecule has 2 aromatic carbocycles. The fourth-order valence-electron chi connectivity index (χ4n) is 2.81. The Kier molecular flexibility index (Phi) is 5.80. The Balaban J connectivity index is 1.56. The number of halogens is 1. The number of hydrogen-bond acceptors (Lipinski definition) is 4. The first-order valence-corrected chi connectivity index (χ1v) is 9.64. The molecular formula is C18H21FN2O3S. The van der Waals surface area contributed by atoms with Crippen LogP contribution in [0, 0.1) is 5.82 Å². The number of sulfonamides is 1. The fourth-order valence-corrected chi connectivity index (χ4v) is 3.91. The number of rotatable bonds is 6. The lowest BCUT2D eigenvalue weighted by Gasteiger charge is -2.33. The molecule has 25 heavy (non-hydrogen) atoms. The second-order valence-electron chi connectivity index (χ2n) is 6.02. The van der Waals surface area contributed by atoms with Crippen LogP contribution >= 0.6 is 0 Å². The summed E-state index contributed by atoms with van der Waals surface area (Å²) in [4.78, 5) is 2.16. The quantitative estimate of drug-likeness (QED) is 0.852. The monoisotopic (exact) mass is 364 g/mol. The SMILES string of the molecule is O=S(=O)(NCC1CN(Cc2ccccc2)CCO1)c1cccc(F)c1. The lowest BCUT2D eigenvalue weighted by molar-refractivity contribution is -0.0276. The van der Waals surface area contributed by atoms with Gasteiger partial charge in [0.05, 0.1) is 17.6 Å². The van der Waals surface area contributed by atoms with Crippen LogP contribution in [0.4, 0.5) is 4.39 Å². The molecule has 1 atom stereocenters. The van der Waals surface area contributed by atoms with Gasteiger partial charge in [0.2, 0.25) is 10.0 Å². The summed E-state index contributed by atoms with van der Waals surface area (Å²) in [7, 11) is -3.75. The summed E-state index contributed by atoms with van der Waals surface area (Å²) in [5, 5.41) is 0. The number of hydrogen-bond donors (Lipinski definition) is 1. The van der Waals surface area contributed by atoms with Gasteiger partial charge in [0.15, 0.2) is 0 Å². The zero-order valence-electron chi connectivity index (χ0n) is 13.8. The number of morpholine rings is 1. The van der Waals surface area contributed by atoms with Gasteiger partial charge in [0.25, 0.3) is 0 Å². The van der Waals surface area contributed by atoms with Crippen molar-refractivity contribution >= 4 is 10.0 Å². The van der Waals surface area contributed by atoms with Crippen molar-refractivity contribution < 1.29 is 17.5 Å². The molecule has 2 aromatic rings. The first kappa shape index (κ1) is 18.0. The summed E-state index contributed by atoms with van der Waals surface area (Å²) in [6.45, 7) is 2.96. The Labute approximate surface area is 147 Å². The van der Waals surface area contributed by atoms with Crippen molar-refractivity contribution in [2.75, 3.05) is 26.2 Å². The topological polar surface area (TPSA) is 58.6 Å². The number of benzene rings is 2. The van der Waals surface area contributed by atoms with Crippen LogP contribution in [-0.4, -0.2) is 45.7 Å². The molecular weight excluding hydrogens is 343 g/mol. The zero-order valence-corrected chi connectivity index (χ0v) is 14.6. The maximum absolute atomic E-state index is 13.2. The first-order chi connectivity index (χ1) is 12.0. The van der Waals surface area contributed by atoms with Crippen molar-refractivity contribution in [1.82, 2.24) is 9.62 Å². The minimum atomic E-state index is -3.75. The Hall–Kier alpha value is -1.80. The Morgan fingerprint density at radius 2 is 1.96 bits per heavy atom. The second kappa shape index (κ2) is 8.05. The van der Waals surface area contributed by atoms with Gasteiger partial charge in [-0.3, -0.25) is 4.90 Å². The second-order valence-corrected chi connectivity index (χ2v) is 7.79. The van der Waals surface area contributed by atoms with Gasteiger partial charge < -0.3 is 4.74 Å². The highest BCUT2D eigenvalue weighted by atomic mass is 32.2. The van der Waals surface area contributed by atoms with Crippen molar-refractivity contribution in [1.29, 1.82) is 0 Å². The maximum Gasteiger partial charge on any atom is 0.240 e. The van der Waals surface area contributed by atoms with Crippen LogP contribution < -0.4 is 4.72 Å². The number of ether oxygens (including phenoxy) is 1. The molecule has 0 spiro atoms. The highest BCUT2D eigenvalue weighted by Gasteiger charge is 2.23. The highest BCUT2D eigenvalue weighted by molar-refractivity contribution is 7.89. The van der Waals surface area contributed by atoms with E-state index in [4.69, 9.17) is 4.74 Å². The summed E-state index contributed by atoms with van der Waals surface area (Å²) in [6, 6.07) is 15.1. The van der Waals surface area contributed by atoms with E-state index >= 15 is 0 Å². The van der Waals surface area contributed by atoms with E-state index in [1.165, 1.54) is 23.8 Å². The summed E-state index contributed by atoms with van der Waals surface area (Å²) >= 11 is 0. The molecule has 1 aliphatic heterocycles. The van der Waals surface area contributed by atoms with Gasteiger partial charge >= 0.3 is 0 Å². The molecule has 1 N–H and O–H groups in total. The largest absolute Gasteiger partial charge is 0.374 e. The lowest BCUT2D eigenvalue weighted by atomic mass is 10.2. The van der Waals surface area contributed by atoms with E-state index in [2.05, 4.69) is 21.8 Å². The van der Waals surface area contributed by atoms with Crippen LogP contribution in [0.3, 0.4) is 0 Å². The van der Waals surface area contributed by atoms with E-state index in [1.807, 2.05) is 18.2 Å². The van der Waals surface area contributed by atoms with Crippen LogP contribution in [0.5, 0.6) is 0 Å². The third-order valence-electron chi connectivity index (χ3n) is 4.08. The molecule has 0 amide bonds. The van der Waals surface area contributed by atoms with Crippen molar-refractivity contribution in [3.05, 3.63) is 66.0 Å². The summed E-state index contributed by atoms with van der Waals surface area (Å²) in [5.74, 6) is -0.578. The molecule has 0 radical (unpaired) electrons. The third-order valence-corrected chi connectivity index (χ3v) is 5.50. The molecule has 1 saturated heterocycles. The van der Waals surface area contributed by atoms with Gasteiger partial charge in [-0.1, -0.05) is 36.4 Å². The van der Waals surface area contributed by atoms with Crippen LogP contribution in [0.1, 0.15) is 5.56 Å². The normalized spacial score (nSPS) is 19.0. The molecule has 0 aromatic heterocycles. The molecule has 134 valence electrons. The summed E-state index contributed by atoms with van der Waals surface area (Å²) in [6.07, 6.45) is -0.235. The molecule has 1 aliphatic rings. The fraction of sp³-hybridized carbons (Fsp3) is 0.333. The van der Waals surface area contributed by atoms with Crippen molar-refractivity contribution in [2.24, 2.45) is 0 Å². The van der Waals surface area contributed by atoms with E-state index in [9.17, 15) is 12.8 Å². The molecule has 7 heteroatoms. The van der Waals surface area contributed by atoms with Gasteiger partial charge in [-0.15, -0.1) is 0 Å². The Morgan fingerprint density at radius 3 is 2.72 bits per heavy atom. The highest BCUT2D eigenvalue weighted by Crippen LogP contribution is 2.13. The Bertz CT molecular complexity index is 799. The average Bonchev–Trinajstić information content (AvgIpc) is 2.61. The van der Waals surface area contributed by atoms with Crippen LogP contribution in [0.15, 0.2) is 59.5 Å². The average molecular weight is 364 g/mol. The summed E-state index contributed by atoms with van der Waals surface area (Å²) < 4.78 is 45.9. The number of nitrogens with zero attached hydrogens (tertiary/aromatic N) is 1. The van der Waals surface area contributed by atoms with E-state index < -0.39 is 15.8 Å². The molecule has 0 bridgehead atoms. The molecule has 5 nitrogen and oxygen atoms in total. The molecule has 0 aliphatic carbocycles. The maximum atomic E-state index is 13.2. The van der Waals surface area contributed by atoms with Gasteiger partial charge in [-0.25, -0.2) is 17.5 Å². The standard InChI is InChI=1S/C18H21FN2O3S/c19-16-7-4-8-18(11-16)25(22,23)20-12-17-14-21(9-10-24-17)13-15-5-2-1-3-6-15/h1-8,11,17,20H,9-10,12-14H2. The van der Waals surface area contributed by atoms with Crippen molar-refractivity contribution in [3.63, 3.8) is 0 Å². The van der Waals surface area contributed by atoms with Crippen molar-refractivity contribution in [2.45, 2.75) is 17.5 Å². The summed E-state index contributed by atoms with van der Waals surface area (Å²) in [5.41, 5.74) is 1.21. The molecule has 0 saturated carbocycles. The first-order valence-electron chi connectivity index (χ1n) is 8.16. The van der Waals surface area contributed by atoms with Gasteiger partial charge in [0, 0.05) is 26.2 Å². The van der Waals surface area contributed by atoms with Crippen molar-refractivity contribution in [3.8, 4) is 0 Å². The lowest BCUT2D eigenvalue weighted by Crippen LogP contribution is -2.47. The van der Waals surface area contributed by atoms with E-state index in [0.717, 1.165) is 19.2 Å². The van der Waals surface area contributed by atoms with Crippen LogP contribution in [0.2, 0.25) is 0 Å². The van der Waals surface area contributed by atoms with E-state index in [-0.39, 0.29) is 17.5 Å². The Morgan fingerprint density at radius 1 is 1.16 bits per heavy atom. The molecule has 1 unspecified atom stereocenters. The van der Waals surface area contributed by atoms with Gasteiger partial charge in [0.1, 0.15) is 5.82 Å². The van der Waals surface area contributed by atoms with E-state index in [1.54, 1.807) is 0 Å². The third kappa shape index (κ3) is 5.09. The number of nitrogens with one attached hydrogen (secondary N) is 1. The molecule has 1 fully saturated rings. The van der Waals surface area contributed by atoms with Crippen LogP contribution in [0.25, 0.3) is 0 Å². The zero-order chi connectivity index (χ0) is 17.7. The van der Waals surface area contributed by atoms with Gasteiger partial charge in [-0.05, 0) is 23.8 Å². The van der Waals surface area contributed by atoms with Gasteiger partial charge in [-0.2, -0.15) is 0 Å². The smallest absolute Gasteiger partial charge is 0.240 e. The minimum Gasteiger partial charge on any atom is -0.374 e. The molecule has 3 rings (SSSR count). The molecule has 1 heterocycles. The van der Waals surface area contributed by atoms with E-state index in [0.29, 0.717) is 13.2 Å². The minimum absolute atomic E-state index is 0.0792. The predicted octanol–water partition coefficient (Wildman–Crippen LogP) is 2.00. The van der Waals surface area contributed by atoms with Crippen LogP contribution in [-0.2, 0) is 21.3 Å². The predicted molar refractivity (Wildman–Crippen MR) is 93.0 cm³/mol.